The van der Waals surface area contributed by atoms with Crippen molar-refractivity contribution in [3.63, 3.8) is 0 Å². The lowest BCUT2D eigenvalue weighted by Crippen LogP contribution is -2.29. The third-order valence-corrected chi connectivity index (χ3v) is 5.84. The molecule has 3 rings (SSSR count). The molecule has 0 unspecified atom stereocenters. The molecule has 0 bridgehead atoms. The summed E-state index contributed by atoms with van der Waals surface area (Å²) in [5, 5.41) is 4.93. The number of methoxy groups -OCH3 is 2. The topological polar surface area (TPSA) is 92.0 Å². The third kappa shape index (κ3) is 5.50. The second-order valence-corrected chi connectivity index (χ2v) is 10.3. The zero-order valence-corrected chi connectivity index (χ0v) is 22.9. The van der Waals surface area contributed by atoms with E-state index in [2.05, 4.69) is 37.0 Å². The van der Waals surface area contributed by atoms with Crippen LogP contribution in [0.5, 0.6) is 11.5 Å². The van der Waals surface area contributed by atoms with Gasteiger partial charge in [0.15, 0.2) is 17.6 Å². The molecule has 3 aromatic rings. The summed E-state index contributed by atoms with van der Waals surface area (Å²) in [5.74, 6) is 0.629. The molecule has 8 nitrogen and oxygen atoms in total. The highest BCUT2D eigenvalue weighted by Gasteiger charge is 2.24. The van der Waals surface area contributed by atoms with Gasteiger partial charge in [0.25, 0.3) is 5.56 Å². The average Bonchev–Trinajstić information content (AvgIpc) is 2.78. The van der Waals surface area contributed by atoms with Gasteiger partial charge in [-0.25, -0.2) is 9.78 Å². The predicted molar refractivity (Wildman–Crippen MR) is 138 cm³/mol. The van der Waals surface area contributed by atoms with Crippen molar-refractivity contribution in [3.8, 4) is 11.5 Å². The van der Waals surface area contributed by atoms with E-state index in [9.17, 15) is 9.59 Å². The fraction of sp³-hybridized carbons (Fsp3) is 0.333. The van der Waals surface area contributed by atoms with Gasteiger partial charge in [0, 0.05) is 19.9 Å². The lowest BCUT2D eigenvalue weighted by Gasteiger charge is -2.21. The van der Waals surface area contributed by atoms with Crippen LogP contribution in [0.4, 0.5) is 0 Å². The summed E-state index contributed by atoms with van der Waals surface area (Å²) >= 11 is 6.86. The first-order chi connectivity index (χ1) is 16.0. The van der Waals surface area contributed by atoms with Crippen LogP contribution in [0.25, 0.3) is 10.9 Å². The van der Waals surface area contributed by atoms with E-state index in [1.54, 1.807) is 31.2 Å². The molecule has 1 atom stereocenters. The number of nitrogens with zero attached hydrogens (tertiary/aromatic N) is 3. The third-order valence-electron chi connectivity index (χ3n) is 4.89. The van der Waals surface area contributed by atoms with E-state index < -0.39 is 17.5 Å². The molecule has 0 saturated carbocycles. The molecule has 0 fully saturated rings. The quantitative estimate of drug-likeness (QED) is 0.293. The summed E-state index contributed by atoms with van der Waals surface area (Å²) < 4.78 is 18.8. The van der Waals surface area contributed by atoms with Gasteiger partial charge in [0.05, 0.1) is 31.3 Å². The zero-order chi connectivity index (χ0) is 25.2. The fourth-order valence-electron chi connectivity index (χ4n) is 3.21. The highest BCUT2D eigenvalue weighted by molar-refractivity contribution is 9.10. The summed E-state index contributed by atoms with van der Waals surface area (Å²) in [4.78, 5) is 30.1. The number of rotatable bonds is 6. The molecule has 1 aromatic heterocycles. The highest BCUT2D eigenvalue weighted by atomic mass is 79.9. The molecule has 0 aliphatic heterocycles. The van der Waals surface area contributed by atoms with Crippen LogP contribution < -0.4 is 15.0 Å². The molecule has 0 aliphatic rings. The first kappa shape index (κ1) is 25.9. The summed E-state index contributed by atoms with van der Waals surface area (Å²) in [6.07, 6.45) is 0.592. The van der Waals surface area contributed by atoms with E-state index in [0.717, 1.165) is 4.47 Å². The number of fused-ring (bicyclic) bond motifs is 1. The van der Waals surface area contributed by atoms with Crippen molar-refractivity contribution in [1.29, 1.82) is 0 Å². The molecule has 180 valence electrons. The Hall–Kier alpha value is -2.72. The van der Waals surface area contributed by atoms with Gasteiger partial charge < -0.3 is 14.2 Å². The van der Waals surface area contributed by atoms with Gasteiger partial charge in [-0.2, -0.15) is 9.78 Å². The highest BCUT2D eigenvalue weighted by Crippen LogP contribution is 2.35. The van der Waals surface area contributed by atoms with Crippen molar-refractivity contribution in [2.75, 3.05) is 14.2 Å². The molecule has 10 heteroatoms. The Morgan fingerprint density at radius 1 is 1.15 bits per heavy atom. The molecule has 0 amide bonds. The van der Waals surface area contributed by atoms with E-state index in [4.69, 9.17) is 19.2 Å². The Bertz CT molecular complexity index is 1330. The molecular weight excluding hydrogens is 570 g/mol. The van der Waals surface area contributed by atoms with Gasteiger partial charge in [-0.1, -0.05) is 52.6 Å². The Kier molecular flexibility index (Phi) is 7.82. The van der Waals surface area contributed by atoms with Crippen molar-refractivity contribution in [1.82, 2.24) is 9.66 Å². The Labute approximate surface area is 214 Å². The maximum Gasteiger partial charge on any atom is 0.346 e. The van der Waals surface area contributed by atoms with E-state index in [-0.39, 0.29) is 11.3 Å². The molecule has 1 heterocycles. The van der Waals surface area contributed by atoms with Gasteiger partial charge in [-0.05, 0) is 37.3 Å². The second kappa shape index (κ2) is 10.3. The van der Waals surface area contributed by atoms with Crippen LogP contribution in [0, 0.1) is 0 Å². The van der Waals surface area contributed by atoms with Crippen molar-refractivity contribution in [2.45, 2.75) is 39.2 Å². The largest absolute Gasteiger partial charge is 0.493 e. The van der Waals surface area contributed by atoms with Gasteiger partial charge in [-0.3, -0.25) is 4.79 Å². The second-order valence-electron chi connectivity index (χ2n) is 8.52. The number of aromatic nitrogens is 2. The lowest BCUT2D eigenvalue weighted by atomic mass is 9.95. The Balaban J connectivity index is 2.21. The molecule has 0 N–H and O–H groups in total. The number of halogens is 2. The van der Waals surface area contributed by atoms with E-state index in [0.29, 0.717) is 32.5 Å². The first-order valence-electron chi connectivity index (χ1n) is 10.4. The molecular formula is C24H25Br2N3O5. The Morgan fingerprint density at radius 3 is 2.47 bits per heavy atom. The SMILES string of the molecule is COC(=O)[C@@H](C)Oc1c(C=Nn2c(C(C)(C)C)nc3ccc(Br)cc3c2=O)cc(Br)cc1OC. The van der Waals surface area contributed by atoms with Gasteiger partial charge in [-0.15, -0.1) is 0 Å². The van der Waals surface area contributed by atoms with Gasteiger partial charge in [0.2, 0.25) is 0 Å². The standard InChI is InChI=1S/C24H25Br2N3O5/c1-13(22(31)33-6)34-20-14(9-16(26)11-19(20)32-5)12-27-29-21(30)17-10-15(25)7-8-18(17)28-23(29)24(2,3)4/h7-13H,1-6H3/t13-/m1/s1. The van der Waals surface area contributed by atoms with Crippen molar-refractivity contribution in [2.24, 2.45) is 5.10 Å². The number of ether oxygens (including phenoxy) is 3. The average molecular weight is 595 g/mol. The molecule has 2 aromatic carbocycles. The van der Waals surface area contributed by atoms with Crippen LogP contribution in [0.15, 0.2) is 49.2 Å². The van der Waals surface area contributed by atoms with Crippen molar-refractivity contribution in [3.05, 3.63) is 61.0 Å². The smallest absolute Gasteiger partial charge is 0.346 e. The van der Waals surface area contributed by atoms with Crippen LogP contribution in [0.1, 0.15) is 39.1 Å². The summed E-state index contributed by atoms with van der Waals surface area (Å²) in [6, 6.07) is 8.81. The number of benzene rings is 2. The zero-order valence-electron chi connectivity index (χ0n) is 19.7. The summed E-state index contributed by atoms with van der Waals surface area (Å²) in [7, 11) is 2.78. The lowest BCUT2D eigenvalue weighted by molar-refractivity contribution is -0.147. The number of carbonyl (C=O) groups excluding carboxylic acids is 1. The number of esters is 1. The Morgan fingerprint density at radius 2 is 1.85 bits per heavy atom. The van der Waals surface area contributed by atoms with E-state index >= 15 is 0 Å². The van der Waals surface area contributed by atoms with Crippen LogP contribution in [-0.4, -0.2) is 42.2 Å². The van der Waals surface area contributed by atoms with Gasteiger partial charge >= 0.3 is 5.97 Å². The normalized spacial score (nSPS) is 12.7. The van der Waals surface area contributed by atoms with Crippen LogP contribution >= 0.6 is 31.9 Å². The predicted octanol–water partition coefficient (Wildman–Crippen LogP) is 5.05. The monoisotopic (exact) mass is 593 g/mol. The van der Waals surface area contributed by atoms with Crippen LogP contribution in [0.3, 0.4) is 0 Å². The summed E-state index contributed by atoms with van der Waals surface area (Å²) in [6.45, 7) is 7.45. The molecule has 0 aliphatic carbocycles. The van der Waals surface area contributed by atoms with Crippen molar-refractivity contribution < 1.29 is 19.0 Å². The van der Waals surface area contributed by atoms with Crippen LogP contribution in [0.2, 0.25) is 0 Å². The minimum absolute atomic E-state index is 0.286. The first-order valence-corrected chi connectivity index (χ1v) is 11.9. The molecule has 0 saturated heterocycles. The van der Waals surface area contributed by atoms with Crippen LogP contribution in [-0.2, 0) is 14.9 Å². The maximum absolute atomic E-state index is 13.4. The maximum atomic E-state index is 13.4. The van der Waals surface area contributed by atoms with E-state index in [1.165, 1.54) is 25.1 Å². The van der Waals surface area contributed by atoms with E-state index in [1.807, 2.05) is 26.8 Å². The fourth-order valence-corrected chi connectivity index (χ4v) is 4.03. The minimum Gasteiger partial charge on any atom is -0.493 e. The van der Waals surface area contributed by atoms with Crippen molar-refractivity contribution >= 4 is 54.9 Å². The molecule has 0 radical (unpaired) electrons. The molecule has 34 heavy (non-hydrogen) atoms. The summed E-state index contributed by atoms with van der Waals surface area (Å²) in [5.41, 5.74) is 0.304. The van der Waals surface area contributed by atoms with Gasteiger partial charge in [0.1, 0.15) is 5.82 Å². The number of carbonyl (C=O) groups is 1. The number of hydrogen-bond acceptors (Lipinski definition) is 7. The molecule has 0 spiro atoms. The minimum atomic E-state index is -0.889. The number of hydrogen-bond donors (Lipinski definition) is 0.